The fraction of sp³-hybridized carbons (Fsp3) is 0.667. The molecular weight excluding hydrogens is 236 g/mol. The first-order valence-corrected chi connectivity index (χ1v) is 6.17. The third-order valence-corrected chi connectivity index (χ3v) is 2.48. The molecule has 0 saturated carbocycles. The van der Waals surface area contributed by atoms with E-state index in [0.29, 0.717) is 0 Å². The molecule has 0 spiro atoms. The fourth-order valence-electron chi connectivity index (χ4n) is 0.957. The molecule has 0 bridgehead atoms. The van der Waals surface area contributed by atoms with Gasteiger partial charge in [0.2, 0.25) is 15.9 Å². The molecule has 0 unspecified atom stereocenters. The molecule has 0 fully saturated rings. The van der Waals surface area contributed by atoms with Gasteiger partial charge in [-0.3, -0.25) is 4.79 Å². The number of rotatable bonds is 6. The van der Waals surface area contributed by atoms with E-state index in [0.717, 1.165) is 0 Å². The van der Waals surface area contributed by atoms with E-state index in [1.54, 1.807) is 0 Å². The molecule has 0 aliphatic heterocycles. The van der Waals surface area contributed by atoms with Crippen LogP contribution in [0.2, 0.25) is 0 Å². The summed E-state index contributed by atoms with van der Waals surface area (Å²) in [6.45, 7) is 0.250. The fourth-order valence-corrected chi connectivity index (χ4v) is 1.50. The van der Waals surface area contributed by atoms with Gasteiger partial charge in [-0.1, -0.05) is 0 Å². The molecule has 1 heterocycles. The summed E-state index contributed by atoms with van der Waals surface area (Å²) in [6.07, 6.45) is 1.59. The van der Waals surface area contributed by atoms with Crippen molar-refractivity contribution in [3.8, 4) is 0 Å². The number of primary sulfonamides is 1. The quantitative estimate of drug-likeness (QED) is 0.533. The number of amides is 1. The van der Waals surface area contributed by atoms with Crippen molar-refractivity contribution in [2.75, 3.05) is 12.3 Å². The maximum atomic E-state index is 11.2. The number of carbonyl (C=O) groups is 1. The Labute approximate surface area is 92.1 Å². The normalized spacial score (nSPS) is 11.3. The van der Waals surface area contributed by atoms with Crippen molar-refractivity contribution in [3.63, 3.8) is 0 Å². The Morgan fingerprint density at radius 3 is 2.81 bits per heavy atom. The Balaban J connectivity index is 2.16. The third kappa shape index (κ3) is 5.36. The average molecular weight is 248 g/mol. The van der Waals surface area contributed by atoms with E-state index in [-0.39, 0.29) is 31.2 Å². The monoisotopic (exact) mass is 248 g/mol. The van der Waals surface area contributed by atoms with Gasteiger partial charge in [0.25, 0.3) is 0 Å². The molecule has 0 radical (unpaired) electrons. The lowest BCUT2D eigenvalue weighted by Crippen LogP contribution is -2.30. The summed E-state index contributed by atoms with van der Waals surface area (Å²) in [6, 6.07) is 0. The molecule has 0 atom stereocenters. The van der Waals surface area contributed by atoms with Crippen molar-refractivity contribution in [3.05, 3.63) is 6.33 Å². The van der Waals surface area contributed by atoms with Gasteiger partial charge in [0.05, 0.1) is 5.75 Å². The van der Waals surface area contributed by atoms with Crippen LogP contribution in [-0.2, 0) is 21.4 Å². The number of hydrogen-bond acceptors (Lipinski definition) is 6. The maximum Gasteiger partial charge on any atom is 0.241 e. The molecule has 0 aliphatic rings. The van der Waals surface area contributed by atoms with E-state index in [4.69, 9.17) is 5.14 Å². The van der Waals surface area contributed by atoms with Crippen molar-refractivity contribution in [2.24, 2.45) is 5.14 Å². The Hall–Kier alpha value is -1.55. The van der Waals surface area contributed by atoms with E-state index in [1.807, 2.05) is 0 Å². The van der Waals surface area contributed by atoms with Gasteiger partial charge in [0, 0.05) is 6.54 Å². The summed E-state index contributed by atoms with van der Waals surface area (Å²) < 4.78 is 22.4. The van der Waals surface area contributed by atoms with Crippen molar-refractivity contribution in [1.82, 2.24) is 25.5 Å². The summed E-state index contributed by atoms with van der Waals surface area (Å²) in [4.78, 5) is 11.2. The van der Waals surface area contributed by atoms with Crippen LogP contribution in [0.5, 0.6) is 0 Å². The van der Waals surface area contributed by atoms with Crippen LogP contribution in [0.1, 0.15) is 6.42 Å². The van der Waals surface area contributed by atoms with Crippen LogP contribution in [0, 0.1) is 0 Å². The molecule has 1 amide bonds. The number of hydrogen-bond donors (Lipinski definition) is 2. The first kappa shape index (κ1) is 12.5. The maximum absolute atomic E-state index is 11.2. The molecule has 1 aromatic heterocycles. The van der Waals surface area contributed by atoms with Crippen LogP contribution in [0.4, 0.5) is 0 Å². The molecule has 9 nitrogen and oxygen atoms in total. The molecular formula is C6H12N6O3S. The first-order valence-electron chi connectivity index (χ1n) is 4.45. The third-order valence-electron chi connectivity index (χ3n) is 1.62. The minimum absolute atomic E-state index is 0.00236. The van der Waals surface area contributed by atoms with Gasteiger partial charge in [-0.15, -0.1) is 5.10 Å². The van der Waals surface area contributed by atoms with Crippen LogP contribution in [0.15, 0.2) is 6.33 Å². The van der Waals surface area contributed by atoms with Gasteiger partial charge in [-0.05, 0) is 16.8 Å². The lowest BCUT2D eigenvalue weighted by atomic mass is 10.4. The van der Waals surface area contributed by atoms with E-state index in [1.165, 1.54) is 11.0 Å². The van der Waals surface area contributed by atoms with Gasteiger partial charge >= 0.3 is 0 Å². The zero-order chi connectivity index (χ0) is 12.0. The second-order valence-corrected chi connectivity index (χ2v) is 4.81. The molecule has 0 aromatic carbocycles. The minimum atomic E-state index is -3.46. The number of sulfonamides is 1. The van der Waals surface area contributed by atoms with Gasteiger partial charge in [-0.25, -0.2) is 18.2 Å². The number of tetrazole rings is 1. The molecule has 1 aromatic rings. The molecule has 90 valence electrons. The highest BCUT2D eigenvalue weighted by atomic mass is 32.2. The van der Waals surface area contributed by atoms with Gasteiger partial charge in [0.15, 0.2) is 0 Å². The highest BCUT2D eigenvalue weighted by Crippen LogP contribution is 1.84. The number of aromatic nitrogens is 4. The van der Waals surface area contributed by atoms with E-state index in [2.05, 4.69) is 20.8 Å². The lowest BCUT2D eigenvalue weighted by molar-refractivity contribution is -0.121. The summed E-state index contributed by atoms with van der Waals surface area (Å²) in [5.74, 6) is -0.445. The Morgan fingerprint density at radius 2 is 2.25 bits per heavy atom. The Bertz CT molecular complexity index is 427. The van der Waals surface area contributed by atoms with Crippen LogP contribution >= 0.6 is 0 Å². The zero-order valence-electron chi connectivity index (χ0n) is 8.40. The SMILES string of the molecule is NS(=O)(=O)CCCNC(=O)Cn1cnnn1. The minimum Gasteiger partial charge on any atom is -0.354 e. The molecule has 16 heavy (non-hydrogen) atoms. The van der Waals surface area contributed by atoms with Crippen molar-refractivity contribution < 1.29 is 13.2 Å². The molecule has 0 saturated heterocycles. The van der Waals surface area contributed by atoms with Crippen LogP contribution in [0.25, 0.3) is 0 Å². The summed E-state index contributed by atoms with van der Waals surface area (Å²) in [5.41, 5.74) is 0. The lowest BCUT2D eigenvalue weighted by Gasteiger charge is -2.03. The predicted octanol–water partition coefficient (Wildman–Crippen LogP) is -2.53. The number of nitrogens with zero attached hydrogens (tertiary/aromatic N) is 4. The highest BCUT2D eigenvalue weighted by Gasteiger charge is 2.05. The van der Waals surface area contributed by atoms with Crippen LogP contribution in [0.3, 0.4) is 0 Å². The van der Waals surface area contributed by atoms with Crippen LogP contribution < -0.4 is 10.5 Å². The highest BCUT2D eigenvalue weighted by molar-refractivity contribution is 7.89. The van der Waals surface area contributed by atoms with Gasteiger partial charge in [0.1, 0.15) is 12.9 Å². The summed E-state index contributed by atoms with van der Waals surface area (Å²) in [7, 11) is -3.46. The van der Waals surface area contributed by atoms with Crippen molar-refractivity contribution in [2.45, 2.75) is 13.0 Å². The standard InChI is InChI=1S/C6H12N6O3S/c7-16(14,15)3-1-2-8-6(13)4-12-5-9-10-11-12/h5H,1-4H2,(H,8,13)(H2,7,14,15). The zero-order valence-corrected chi connectivity index (χ0v) is 9.22. The van der Waals surface area contributed by atoms with Gasteiger partial charge < -0.3 is 5.32 Å². The van der Waals surface area contributed by atoms with Crippen LogP contribution in [-0.4, -0.2) is 46.8 Å². The number of nitrogens with one attached hydrogen (secondary N) is 1. The summed E-state index contributed by atoms with van der Waals surface area (Å²) in [5, 5.41) is 17.5. The van der Waals surface area contributed by atoms with E-state index >= 15 is 0 Å². The van der Waals surface area contributed by atoms with E-state index in [9.17, 15) is 13.2 Å². The predicted molar refractivity (Wildman–Crippen MR) is 53.4 cm³/mol. The topological polar surface area (TPSA) is 133 Å². The number of nitrogens with two attached hydrogens (primary N) is 1. The largest absolute Gasteiger partial charge is 0.354 e. The average Bonchev–Trinajstić information content (AvgIpc) is 2.63. The number of carbonyl (C=O) groups excluding carboxylic acids is 1. The summed E-state index contributed by atoms with van der Waals surface area (Å²) >= 11 is 0. The first-order chi connectivity index (χ1) is 7.47. The van der Waals surface area contributed by atoms with Crippen molar-refractivity contribution >= 4 is 15.9 Å². The molecule has 1 rings (SSSR count). The molecule has 0 aliphatic carbocycles. The smallest absolute Gasteiger partial charge is 0.241 e. The Morgan fingerprint density at radius 1 is 1.50 bits per heavy atom. The Kier molecular flexibility index (Phi) is 4.31. The molecule has 10 heteroatoms. The second-order valence-electron chi connectivity index (χ2n) is 3.08. The second kappa shape index (κ2) is 5.51. The van der Waals surface area contributed by atoms with E-state index < -0.39 is 10.0 Å². The van der Waals surface area contributed by atoms with Crippen molar-refractivity contribution in [1.29, 1.82) is 0 Å². The van der Waals surface area contributed by atoms with Gasteiger partial charge in [-0.2, -0.15) is 0 Å². The molecule has 3 N–H and O–H groups in total.